The standard InChI is InChI=1S/C17H17F2N5O2S/c1-9-8-10(2)24-16(20-9)22-17(23-24)27-11(3)14(25)21-12-4-6-13(7-5-12)26-15(18)19/h4-8,11,15H,1-3H3,(H,21,25). The van der Waals surface area contributed by atoms with Crippen molar-refractivity contribution in [2.75, 3.05) is 5.32 Å². The van der Waals surface area contributed by atoms with E-state index in [1.54, 1.807) is 11.4 Å². The molecule has 2 heterocycles. The number of aryl methyl sites for hydroxylation is 2. The van der Waals surface area contributed by atoms with Crippen LogP contribution in [-0.2, 0) is 4.79 Å². The molecule has 1 aromatic carbocycles. The smallest absolute Gasteiger partial charge is 0.387 e. The van der Waals surface area contributed by atoms with Gasteiger partial charge in [-0.2, -0.15) is 13.8 Å². The summed E-state index contributed by atoms with van der Waals surface area (Å²) in [5, 5.41) is 7.05. The van der Waals surface area contributed by atoms with Crippen molar-refractivity contribution >= 4 is 29.1 Å². The molecule has 0 aliphatic carbocycles. The summed E-state index contributed by atoms with van der Waals surface area (Å²) in [7, 11) is 0. The van der Waals surface area contributed by atoms with Crippen LogP contribution in [0.15, 0.2) is 35.5 Å². The highest BCUT2D eigenvalue weighted by molar-refractivity contribution is 8.00. The van der Waals surface area contributed by atoms with Crippen molar-refractivity contribution in [3.05, 3.63) is 41.7 Å². The molecule has 3 aromatic rings. The number of hydrogen-bond acceptors (Lipinski definition) is 6. The lowest BCUT2D eigenvalue weighted by molar-refractivity contribution is -0.115. The number of aromatic nitrogens is 4. The Morgan fingerprint density at radius 2 is 1.93 bits per heavy atom. The monoisotopic (exact) mass is 393 g/mol. The zero-order valence-corrected chi connectivity index (χ0v) is 15.6. The second kappa shape index (κ2) is 7.87. The molecule has 0 saturated heterocycles. The molecule has 0 aliphatic rings. The second-order valence-electron chi connectivity index (χ2n) is 5.80. The summed E-state index contributed by atoms with van der Waals surface area (Å²) >= 11 is 1.20. The topological polar surface area (TPSA) is 81.4 Å². The predicted octanol–water partition coefficient (Wildman–Crippen LogP) is 3.46. The Morgan fingerprint density at radius 1 is 1.22 bits per heavy atom. The minimum absolute atomic E-state index is 0.0255. The number of amides is 1. The number of nitrogens with one attached hydrogen (secondary N) is 1. The number of halogens is 2. The van der Waals surface area contributed by atoms with Gasteiger partial charge < -0.3 is 10.1 Å². The molecule has 1 unspecified atom stereocenters. The van der Waals surface area contributed by atoms with Crippen molar-refractivity contribution in [2.24, 2.45) is 0 Å². The van der Waals surface area contributed by atoms with Crippen molar-refractivity contribution in [3.63, 3.8) is 0 Å². The van der Waals surface area contributed by atoms with Crippen LogP contribution in [0.2, 0.25) is 0 Å². The number of hydrogen-bond donors (Lipinski definition) is 1. The van der Waals surface area contributed by atoms with E-state index >= 15 is 0 Å². The third-order valence-electron chi connectivity index (χ3n) is 3.60. The fourth-order valence-corrected chi connectivity index (χ4v) is 3.12. The fourth-order valence-electron chi connectivity index (χ4n) is 2.37. The van der Waals surface area contributed by atoms with Crippen molar-refractivity contribution < 1.29 is 18.3 Å². The summed E-state index contributed by atoms with van der Waals surface area (Å²) in [6, 6.07) is 7.60. The highest BCUT2D eigenvalue weighted by atomic mass is 32.2. The van der Waals surface area contributed by atoms with Gasteiger partial charge in [0.25, 0.3) is 5.78 Å². The molecule has 0 bridgehead atoms. The van der Waals surface area contributed by atoms with Gasteiger partial charge >= 0.3 is 6.61 Å². The number of nitrogens with zero attached hydrogens (tertiary/aromatic N) is 4. The molecule has 0 aliphatic heterocycles. The molecule has 3 rings (SSSR count). The van der Waals surface area contributed by atoms with E-state index in [-0.39, 0.29) is 11.7 Å². The van der Waals surface area contributed by atoms with Crippen LogP contribution in [0, 0.1) is 13.8 Å². The first kappa shape index (κ1) is 19.0. The van der Waals surface area contributed by atoms with E-state index in [0.717, 1.165) is 11.4 Å². The maximum Gasteiger partial charge on any atom is 0.387 e. The van der Waals surface area contributed by atoms with Crippen LogP contribution in [0.1, 0.15) is 18.3 Å². The summed E-state index contributed by atoms with van der Waals surface area (Å²) in [6.07, 6.45) is 0. The van der Waals surface area contributed by atoms with E-state index in [0.29, 0.717) is 16.6 Å². The lowest BCUT2D eigenvalue weighted by atomic mass is 10.3. The molecule has 0 spiro atoms. The van der Waals surface area contributed by atoms with E-state index in [1.807, 2.05) is 19.9 Å². The van der Waals surface area contributed by atoms with Crippen molar-refractivity contribution in [1.29, 1.82) is 0 Å². The molecule has 0 fully saturated rings. The van der Waals surface area contributed by atoms with Crippen molar-refractivity contribution in [3.8, 4) is 5.75 Å². The molecule has 7 nitrogen and oxygen atoms in total. The molecule has 1 amide bonds. The Morgan fingerprint density at radius 3 is 2.59 bits per heavy atom. The quantitative estimate of drug-likeness (QED) is 0.646. The number of fused-ring (bicyclic) bond motifs is 1. The Balaban J connectivity index is 1.64. The van der Waals surface area contributed by atoms with Crippen molar-refractivity contribution in [2.45, 2.75) is 37.8 Å². The van der Waals surface area contributed by atoms with Crippen LogP contribution < -0.4 is 10.1 Å². The molecule has 0 saturated carbocycles. The van der Waals surface area contributed by atoms with E-state index in [9.17, 15) is 13.6 Å². The summed E-state index contributed by atoms with van der Waals surface area (Å²) in [6.45, 7) is 2.62. The normalized spacial score (nSPS) is 12.4. The number of rotatable bonds is 6. The number of benzene rings is 1. The van der Waals surface area contributed by atoms with Gasteiger partial charge in [0.15, 0.2) is 0 Å². The van der Waals surface area contributed by atoms with Crippen LogP contribution in [0.25, 0.3) is 5.78 Å². The van der Waals surface area contributed by atoms with Gasteiger partial charge in [-0.05, 0) is 51.1 Å². The molecule has 142 valence electrons. The summed E-state index contributed by atoms with van der Waals surface area (Å²) in [5.74, 6) is 0.247. The van der Waals surface area contributed by atoms with E-state index in [1.165, 1.54) is 36.0 Å². The van der Waals surface area contributed by atoms with Gasteiger partial charge in [-0.15, -0.1) is 5.10 Å². The molecule has 1 atom stereocenters. The maximum absolute atomic E-state index is 12.4. The first-order valence-electron chi connectivity index (χ1n) is 8.05. The van der Waals surface area contributed by atoms with E-state index in [4.69, 9.17) is 0 Å². The van der Waals surface area contributed by atoms with Crippen LogP contribution in [0.5, 0.6) is 5.75 Å². The Labute approximate surface area is 158 Å². The highest BCUT2D eigenvalue weighted by Gasteiger charge is 2.18. The first-order valence-corrected chi connectivity index (χ1v) is 8.93. The van der Waals surface area contributed by atoms with Crippen LogP contribution in [0.3, 0.4) is 0 Å². The number of alkyl halides is 2. The fraction of sp³-hybridized carbons (Fsp3) is 0.294. The molecule has 1 N–H and O–H groups in total. The van der Waals surface area contributed by atoms with Gasteiger partial charge in [-0.3, -0.25) is 4.79 Å². The Bertz CT molecular complexity index is 962. The number of anilines is 1. The van der Waals surface area contributed by atoms with Gasteiger partial charge in [0.05, 0.1) is 5.25 Å². The summed E-state index contributed by atoms with van der Waals surface area (Å²) in [4.78, 5) is 21.0. The molecular formula is C17H17F2N5O2S. The third-order valence-corrected chi connectivity index (χ3v) is 4.55. The average Bonchev–Trinajstić information content (AvgIpc) is 2.98. The lowest BCUT2D eigenvalue weighted by Crippen LogP contribution is -2.22. The van der Waals surface area contributed by atoms with E-state index < -0.39 is 11.9 Å². The number of carbonyl (C=O) groups is 1. The first-order chi connectivity index (χ1) is 12.8. The third kappa shape index (κ3) is 4.70. The highest BCUT2D eigenvalue weighted by Crippen LogP contribution is 2.23. The van der Waals surface area contributed by atoms with Gasteiger partial charge in [0, 0.05) is 17.1 Å². The number of ether oxygens (including phenoxy) is 1. The summed E-state index contributed by atoms with van der Waals surface area (Å²) in [5.41, 5.74) is 2.22. The SMILES string of the molecule is Cc1cc(C)n2nc(SC(C)C(=O)Nc3ccc(OC(F)F)cc3)nc2n1. The number of carbonyl (C=O) groups excluding carboxylic acids is 1. The molecule has 27 heavy (non-hydrogen) atoms. The molecular weight excluding hydrogens is 376 g/mol. The zero-order chi connectivity index (χ0) is 19.6. The van der Waals surface area contributed by atoms with Gasteiger partial charge in [-0.25, -0.2) is 9.50 Å². The van der Waals surface area contributed by atoms with E-state index in [2.05, 4.69) is 25.1 Å². The molecule has 0 radical (unpaired) electrons. The number of thioether (sulfide) groups is 1. The second-order valence-corrected chi connectivity index (χ2v) is 7.11. The van der Waals surface area contributed by atoms with Gasteiger partial charge in [-0.1, -0.05) is 11.8 Å². The van der Waals surface area contributed by atoms with Crippen molar-refractivity contribution in [1.82, 2.24) is 19.6 Å². The minimum atomic E-state index is -2.89. The summed E-state index contributed by atoms with van der Waals surface area (Å²) < 4.78 is 30.2. The van der Waals surface area contributed by atoms with Gasteiger partial charge in [0.1, 0.15) is 5.75 Å². The predicted molar refractivity (Wildman–Crippen MR) is 97.3 cm³/mol. The molecule has 2 aromatic heterocycles. The van der Waals surface area contributed by atoms with Crippen LogP contribution in [-0.4, -0.2) is 37.4 Å². The van der Waals surface area contributed by atoms with Crippen LogP contribution in [0.4, 0.5) is 14.5 Å². The minimum Gasteiger partial charge on any atom is -0.435 e. The molecule has 10 heteroatoms. The van der Waals surface area contributed by atoms with Crippen LogP contribution >= 0.6 is 11.8 Å². The van der Waals surface area contributed by atoms with Gasteiger partial charge in [0.2, 0.25) is 11.1 Å². The average molecular weight is 393 g/mol. The Kier molecular flexibility index (Phi) is 5.54. The largest absolute Gasteiger partial charge is 0.435 e. The zero-order valence-electron chi connectivity index (χ0n) is 14.8. The lowest BCUT2D eigenvalue weighted by Gasteiger charge is -2.11. The Hall–Kier alpha value is -2.75. The maximum atomic E-state index is 12.4.